The van der Waals surface area contributed by atoms with E-state index in [2.05, 4.69) is 5.32 Å². The summed E-state index contributed by atoms with van der Waals surface area (Å²) in [5.74, 6) is -2.23. The summed E-state index contributed by atoms with van der Waals surface area (Å²) in [4.78, 5) is 40.8. The van der Waals surface area contributed by atoms with Gasteiger partial charge in [0.05, 0.1) is 5.60 Å². The Bertz CT molecular complexity index is 1030. The van der Waals surface area contributed by atoms with Crippen molar-refractivity contribution in [2.45, 2.75) is 64.6 Å². The summed E-state index contributed by atoms with van der Waals surface area (Å²) in [5.41, 5.74) is 3.93. The summed E-state index contributed by atoms with van der Waals surface area (Å²) < 4.78 is 5.86. The quantitative estimate of drug-likeness (QED) is 0.550. The maximum absolute atomic E-state index is 14.2. The molecule has 3 aliphatic rings. The van der Waals surface area contributed by atoms with E-state index < -0.39 is 46.4 Å². The van der Waals surface area contributed by atoms with Crippen molar-refractivity contribution < 1.29 is 24.2 Å². The minimum absolute atomic E-state index is 0.0802. The molecule has 3 fully saturated rings. The average Bonchev–Trinajstić information content (AvgIpc) is 3.13. The average molecular weight is 520 g/mol. The maximum atomic E-state index is 14.2. The van der Waals surface area contributed by atoms with Crippen LogP contribution in [0.1, 0.15) is 58.9 Å². The molecule has 5 atom stereocenters. The summed E-state index contributed by atoms with van der Waals surface area (Å²) in [5, 5.41) is 15.0. The first-order valence-corrected chi connectivity index (χ1v) is 13.2. The number of nitrogens with zero attached hydrogens (tertiary/aromatic N) is 1. The summed E-state index contributed by atoms with van der Waals surface area (Å²) in [6.07, 6.45) is 1.39. The molecule has 3 unspecified atom stereocenters. The number of carbonyl (C=O) groups excluding carboxylic acids is 3. The van der Waals surface area contributed by atoms with Gasteiger partial charge in [-0.05, 0) is 42.9 Å². The van der Waals surface area contributed by atoms with Gasteiger partial charge in [-0.15, -0.1) is 0 Å². The van der Waals surface area contributed by atoms with Gasteiger partial charge in [0.2, 0.25) is 11.8 Å². The molecule has 2 heterocycles. The molecule has 4 rings (SSSR count). The highest BCUT2D eigenvalue weighted by atomic mass is 35.5. The van der Waals surface area contributed by atoms with Crippen LogP contribution in [-0.4, -0.2) is 53.1 Å². The molecular formula is C27H38ClN3O5. The van der Waals surface area contributed by atoms with E-state index in [1.165, 1.54) is 0 Å². The van der Waals surface area contributed by atoms with Gasteiger partial charge in [0.1, 0.15) is 5.60 Å². The fraction of sp³-hybridized carbons (Fsp3) is 0.667. The Hall–Kier alpha value is -2.32. The summed E-state index contributed by atoms with van der Waals surface area (Å²) in [7, 11) is 0. The largest absolute Gasteiger partial charge is 0.443 e. The van der Waals surface area contributed by atoms with Crippen LogP contribution in [-0.2, 0) is 19.9 Å². The van der Waals surface area contributed by atoms with Crippen LogP contribution < -0.4 is 11.1 Å². The Morgan fingerprint density at radius 2 is 1.86 bits per heavy atom. The Balaban J connectivity index is 1.64. The van der Waals surface area contributed by atoms with Crippen molar-refractivity contribution in [1.29, 1.82) is 0 Å². The minimum atomic E-state index is -1.13. The first-order valence-electron chi connectivity index (χ1n) is 12.8. The smallest absolute Gasteiger partial charge is 0.407 e. The Morgan fingerprint density at radius 3 is 2.42 bits per heavy atom. The second kappa shape index (κ2) is 9.53. The molecule has 9 heteroatoms. The number of amides is 3. The highest BCUT2D eigenvalue weighted by molar-refractivity contribution is 6.30. The minimum Gasteiger partial charge on any atom is -0.443 e. The second-order valence-corrected chi connectivity index (χ2v) is 12.2. The zero-order chi connectivity index (χ0) is 26.5. The number of alkyl carbamates (subject to hydrolysis) is 1. The third-order valence-corrected chi connectivity index (χ3v) is 9.12. The highest BCUT2D eigenvalue weighted by Crippen LogP contribution is 2.53. The molecule has 2 aliphatic heterocycles. The van der Waals surface area contributed by atoms with E-state index in [0.717, 1.165) is 5.56 Å². The van der Waals surface area contributed by atoms with Gasteiger partial charge in [-0.25, -0.2) is 4.79 Å². The normalized spacial score (nSPS) is 32.8. The number of aliphatic hydroxyl groups is 1. The van der Waals surface area contributed by atoms with Crippen LogP contribution in [0.15, 0.2) is 24.3 Å². The lowest BCUT2D eigenvalue weighted by Crippen LogP contribution is -2.60. The first kappa shape index (κ1) is 26.7. The first-order chi connectivity index (χ1) is 16.8. The van der Waals surface area contributed by atoms with E-state index in [-0.39, 0.29) is 11.8 Å². The molecule has 1 aromatic carbocycles. The fourth-order valence-corrected chi connectivity index (χ4v) is 7.03. The SMILES string of the molecule is CC(C)[C@@H](C(=O)N1CC[C@](O)(c2ccc(Cl)cc2)C(C)(C)C1)C1C(C(N)=O)CCC12CCNC(=O)O2. The molecule has 1 aromatic rings. The van der Waals surface area contributed by atoms with Gasteiger partial charge < -0.3 is 25.8 Å². The number of ether oxygens (including phenoxy) is 1. The number of likely N-dealkylation sites (tertiary alicyclic amines) is 1. The van der Waals surface area contributed by atoms with Gasteiger partial charge >= 0.3 is 6.09 Å². The number of hydrogen-bond acceptors (Lipinski definition) is 5. The summed E-state index contributed by atoms with van der Waals surface area (Å²) in [6, 6.07) is 7.20. The monoisotopic (exact) mass is 519 g/mol. The summed E-state index contributed by atoms with van der Waals surface area (Å²) in [6.45, 7) is 9.00. The molecule has 0 bridgehead atoms. The lowest BCUT2D eigenvalue weighted by Gasteiger charge is -2.52. The maximum Gasteiger partial charge on any atom is 0.407 e. The van der Waals surface area contributed by atoms with E-state index in [1.807, 2.05) is 44.7 Å². The Labute approximate surface area is 217 Å². The molecule has 1 spiro atoms. The van der Waals surface area contributed by atoms with Crippen LogP contribution in [0.2, 0.25) is 5.02 Å². The predicted octanol–water partition coefficient (Wildman–Crippen LogP) is 3.44. The highest BCUT2D eigenvalue weighted by Gasteiger charge is 2.60. The van der Waals surface area contributed by atoms with Crippen LogP contribution >= 0.6 is 11.6 Å². The van der Waals surface area contributed by atoms with Crippen molar-refractivity contribution in [2.75, 3.05) is 19.6 Å². The number of benzene rings is 1. The van der Waals surface area contributed by atoms with Gasteiger partial charge in [-0.1, -0.05) is 51.4 Å². The third kappa shape index (κ3) is 4.47. The molecule has 1 saturated carbocycles. The Morgan fingerprint density at radius 1 is 1.19 bits per heavy atom. The number of piperidine rings is 1. The number of primary amides is 1. The van der Waals surface area contributed by atoms with Gasteiger partial charge in [0, 0.05) is 54.2 Å². The molecule has 8 nitrogen and oxygen atoms in total. The third-order valence-electron chi connectivity index (χ3n) is 8.87. The van der Waals surface area contributed by atoms with Crippen LogP contribution in [0.25, 0.3) is 0 Å². The van der Waals surface area contributed by atoms with Crippen molar-refractivity contribution in [2.24, 2.45) is 34.8 Å². The zero-order valence-corrected chi connectivity index (χ0v) is 22.3. The second-order valence-electron chi connectivity index (χ2n) is 11.7. The van der Waals surface area contributed by atoms with Crippen molar-refractivity contribution in [1.82, 2.24) is 10.2 Å². The van der Waals surface area contributed by atoms with Crippen molar-refractivity contribution in [3.8, 4) is 0 Å². The number of carbonyl (C=O) groups is 3. The standard InChI is InChI=1S/C27H38ClN3O5/c1-16(2)20(21-19(22(29)32)9-10-26(21)11-13-30-24(34)36-26)23(33)31-14-12-27(35,25(3,4)15-31)17-5-7-18(28)8-6-17/h5-8,16,19-21,35H,9-15H2,1-4H3,(H2,29,32)(H,30,34)/t19?,20-,21?,26?,27+/m1/s1. The van der Waals surface area contributed by atoms with E-state index >= 15 is 0 Å². The van der Waals surface area contributed by atoms with Gasteiger partial charge in [-0.2, -0.15) is 0 Å². The molecule has 3 amide bonds. The van der Waals surface area contributed by atoms with E-state index in [0.29, 0.717) is 50.3 Å². The van der Waals surface area contributed by atoms with Crippen molar-refractivity contribution >= 4 is 29.5 Å². The van der Waals surface area contributed by atoms with Gasteiger partial charge in [-0.3, -0.25) is 9.59 Å². The molecular weight excluding hydrogens is 482 g/mol. The Kier molecular flexibility index (Phi) is 7.07. The number of rotatable bonds is 5. The lowest BCUT2D eigenvalue weighted by atomic mass is 9.65. The molecule has 1 aliphatic carbocycles. The molecule has 0 radical (unpaired) electrons. The number of nitrogens with two attached hydrogens (primary N) is 1. The number of nitrogens with one attached hydrogen (secondary N) is 1. The molecule has 2 saturated heterocycles. The van der Waals surface area contributed by atoms with Crippen molar-refractivity contribution in [3.63, 3.8) is 0 Å². The van der Waals surface area contributed by atoms with Gasteiger partial charge in [0.15, 0.2) is 0 Å². The van der Waals surface area contributed by atoms with E-state index in [4.69, 9.17) is 22.1 Å². The van der Waals surface area contributed by atoms with Gasteiger partial charge in [0.25, 0.3) is 0 Å². The number of halogens is 1. The predicted molar refractivity (Wildman–Crippen MR) is 136 cm³/mol. The molecule has 36 heavy (non-hydrogen) atoms. The zero-order valence-electron chi connectivity index (χ0n) is 21.6. The van der Waals surface area contributed by atoms with Crippen molar-refractivity contribution in [3.05, 3.63) is 34.9 Å². The fourth-order valence-electron chi connectivity index (χ4n) is 6.90. The molecule has 198 valence electrons. The van der Waals surface area contributed by atoms with E-state index in [1.54, 1.807) is 12.1 Å². The molecule has 0 aromatic heterocycles. The lowest BCUT2D eigenvalue weighted by molar-refractivity contribution is -0.165. The molecule has 4 N–H and O–H groups in total. The van der Waals surface area contributed by atoms with Crippen LogP contribution in [0.3, 0.4) is 0 Å². The summed E-state index contributed by atoms with van der Waals surface area (Å²) >= 11 is 6.06. The topological polar surface area (TPSA) is 122 Å². The van der Waals surface area contributed by atoms with Crippen LogP contribution in [0, 0.1) is 29.1 Å². The van der Waals surface area contributed by atoms with E-state index in [9.17, 15) is 19.5 Å². The number of hydrogen-bond donors (Lipinski definition) is 3. The van der Waals surface area contributed by atoms with Crippen LogP contribution in [0.5, 0.6) is 0 Å². The van der Waals surface area contributed by atoms with Crippen LogP contribution in [0.4, 0.5) is 4.79 Å².